The molecule has 0 bridgehead atoms. The van der Waals surface area contributed by atoms with Crippen molar-refractivity contribution in [1.82, 2.24) is 0 Å². The fourth-order valence-corrected chi connectivity index (χ4v) is 2.74. The summed E-state index contributed by atoms with van der Waals surface area (Å²) < 4.78 is 0. The van der Waals surface area contributed by atoms with Gasteiger partial charge in [-0.1, -0.05) is 48.0 Å². The van der Waals surface area contributed by atoms with Crippen LogP contribution in [0.5, 0.6) is 0 Å². The molecular formula is C17H19N. The first-order chi connectivity index (χ1) is 8.67. The Morgan fingerprint density at radius 2 is 1.72 bits per heavy atom. The van der Waals surface area contributed by atoms with Crippen molar-refractivity contribution in [3.05, 3.63) is 65.2 Å². The van der Waals surface area contributed by atoms with E-state index in [9.17, 15) is 0 Å². The molecule has 0 amide bonds. The van der Waals surface area contributed by atoms with Crippen LogP contribution >= 0.6 is 0 Å². The molecule has 92 valence electrons. The number of nitrogens with one attached hydrogen (secondary N) is 1. The second-order valence-electron chi connectivity index (χ2n) is 5.48. The standard InChI is InChI=1S/C17H19N/c1-13-7-9-15(10-8-13)17(2)12-11-14-5-3-4-6-16(14)18-17/h3-10,18H,11-12H2,1-2H3. The van der Waals surface area contributed by atoms with E-state index in [2.05, 4.69) is 67.7 Å². The van der Waals surface area contributed by atoms with Gasteiger partial charge in [-0.15, -0.1) is 0 Å². The predicted molar refractivity (Wildman–Crippen MR) is 76.9 cm³/mol. The van der Waals surface area contributed by atoms with Crippen LogP contribution in [0.2, 0.25) is 0 Å². The molecule has 1 N–H and O–H groups in total. The number of fused-ring (bicyclic) bond motifs is 1. The maximum Gasteiger partial charge on any atom is 0.0600 e. The highest BCUT2D eigenvalue weighted by atomic mass is 15.0. The summed E-state index contributed by atoms with van der Waals surface area (Å²) in [5.74, 6) is 0. The van der Waals surface area contributed by atoms with Gasteiger partial charge >= 0.3 is 0 Å². The minimum Gasteiger partial charge on any atom is -0.376 e. The Kier molecular flexibility index (Phi) is 2.62. The normalized spacial score (nSPS) is 22.1. The van der Waals surface area contributed by atoms with Crippen LogP contribution in [0.3, 0.4) is 0 Å². The van der Waals surface area contributed by atoms with Gasteiger partial charge in [-0.3, -0.25) is 0 Å². The van der Waals surface area contributed by atoms with Crippen molar-refractivity contribution in [2.24, 2.45) is 0 Å². The number of anilines is 1. The van der Waals surface area contributed by atoms with Gasteiger partial charge in [0.15, 0.2) is 0 Å². The van der Waals surface area contributed by atoms with Crippen LogP contribution in [0.25, 0.3) is 0 Å². The minimum atomic E-state index is 0.0576. The van der Waals surface area contributed by atoms with E-state index in [1.165, 1.54) is 22.4 Å². The molecule has 0 fully saturated rings. The van der Waals surface area contributed by atoms with Crippen molar-refractivity contribution >= 4 is 5.69 Å². The Bertz CT molecular complexity index is 556. The van der Waals surface area contributed by atoms with Gasteiger partial charge in [-0.25, -0.2) is 0 Å². The van der Waals surface area contributed by atoms with Crippen molar-refractivity contribution in [3.8, 4) is 0 Å². The van der Waals surface area contributed by atoms with E-state index in [1.807, 2.05) is 0 Å². The van der Waals surface area contributed by atoms with Crippen LogP contribution < -0.4 is 5.32 Å². The molecule has 1 heterocycles. The summed E-state index contributed by atoms with van der Waals surface area (Å²) in [4.78, 5) is 0. The van der Waals surface area contributed by atoms with Crippen LogP contribution in [0.1, 0.15) is 30.0 Å². The van der Waals surface area contributed by atoms with Gasteiger partial charge in [-0.05, 0) is 43.9 Å². The monoisotopic (exact) mass is 237 g/mol. The first-order valence-electron chi connectivity index (χ1n) is 6.61. The molecule has 1 aliphatic rings. The summed E-state index contributed by atoms with van der Waals surface area (Å²) in [5, 5.41) is 3.71. The molecule has 0 saturated heterocycles. The fourth-order valence-electron chi connectivity index (χ4n) is 2.74. The van der Waals surface area contributed by atoms with Crippen LogP contribution in [-0.2, 0) is 12.0 Å². The highest BCUT2D eigenvalue weighted by Crippen LogP contribution is 2.37. The molecule has 1 atom stereocenters. The van der Waals surface area contributed by atoms with Crippen molar-refractivity contribution < 1.29 is 0 Å². The predicted octanol–water partition coefficient (Wildman–Crippen LogP) is 4.27. The Labute approximate surface area is 109 Å². The molecule has 0 aliphatic carbocycles. The maximum atomic E-state index is 3.71. The van der Waals surface area contributed by atoms with E-state index < -0.39 is 0 Å². The smallest absolute Gasteiger partial charge is 0.0600 e. The molecule has 2 aromatic rings. The lowest BCUT2D eigenvalue weighted by Crippen LogP contribution is -2.35. The number of rotatable bonds is 1. The molecule has 0 spiro atoms. The largest absolute Gasteiger partial charge is 0.376 e. The number of hydrogen-bond acceptors (Lipinski definition) is 1. The summed E-state index contributed by atoms with van der Waals surface area (Å²) in [6.07, 6.45) is 2.29. The van der Waals surface area contributed by atoms with E-state index in [0.717, 1.165) is 12.8 Å². The zero-order chi connectivity index (χ0) is 12.6. The molecule has 3 rings (SSSR count). The van der Waals surface area contributed by atoms with E-state index in [0.29, 0.717) is 0 Å². The fraction of sp³-hybridized carbons (Fsp3) is 0.294. The van der Waals surface area contributed by atoms with Crippen LogP contribution in [0.15, 0.2) is 48.5 Å². The van der Waals surface area contributed by atoms with E-state index >= 15 is 0 Å². The third-order valence-electron chi connectivity index (χ3n) is 4.01. The average molecular weight is 237 g/mol. The molecule has 0 radical (unpaired) electrons. The van der Waals surface area contributed by atoms with Gasteiger partial charge in [-0.2, -0.15) is 0 Å². The molecule has 1 heteroatoms. The zero-order valence-electron chi connectivity index (χ0n) is 11.0. The lowest BCUT2D eigenvalue weighted by molar-refractivity contribution is 0.480. The highest BCUT2D eigenvalue weighted by Gasteiger charge is 2.30. The number of hydrogen-bond donors (Lipinski definition) is 1. The summed E-state index contributed by atoms with van der Waals surface area (Å²) in [5.41, 5.74) is 5.47. The van der Waals surface area contributed by atoms with Crippen molar-refractivity contribution in [3.63, 3.8) is 0 Å². The van der Waals surface area contributed by atoms with E-state index in [1.54, 1.807) is 0 Å². The van der Waals surface area contributed by atoms with Gasteiger partial charge in [0.05, 0.1) is 5.54 Å². The van der Waals surface area contributed by atoms with Gasteiger partial charge in [0.25, 0.3) is 0 Å². The van der Waals surface area contributed by atoms with Crippen molar-refractivity contribution in [2.75, 3.05) is 5.32 Å². The number of aryl methyl sites for hydroxylation is 2. The van der Waals surface area contributed by atoms with Gasteiger partial charge in [0.1, 0.15) is 0 Å². The van der Waals surface area contributed by atoms with E-state index in [-0.39, 0.29) is 5.54 Å². The second kappa shape index (κ2) is 4.16. The highest BCUT2D eigenvalue weighted by molar-refractivity contribution is 5.56. The van der Waals surface area contributed by atoms with Crippen LogP contribution in [0, 0.1) is 6.92 Å². The summed E-state index contributed by atoms with van der Waals surface area (Å²) in [7, 11) is 0. The van der Waals surface area contributed by atoms with Crippen molar-refractivity contribution in [1.29, 1.82) is 0 Å². The molecule has 2 aromatic carbocycles. The molecule has 1 aliphatic heterocycles. The van der Waals surface area contributed by atoms with E-state index in [4.69, 9.17) is 0 Å². The summed E-state index contributed by atoms with van der Waals surface area (Å²) in [6, 6.07) is 17.5. The minimum absolute atomic E-state index is 0.0576. The molecular weight excluding hydrogens is 218 g/mol. The Morgan fingerprint density at radius 1 is 1.00 bits per heavy atom. The number of benzene rings is 2. The average Bonchev–Trinajstić information content (AvgIpc) is 2.39. The van der Waals surface area contributed by atoms with Gasteiger partial charge in [0, 0.05) is 5.69 Å². The molecule has 18 heavy (non-hydrogen) atoms. The van der Waals surface area contributed by atoms with Gasteiger partial charge in [0.2, 0.25) is 0 Å². The molecule has 0 saturated carbocycles. The summed E-state index contributed by atoms with van der Waals surface area (Å²) in [6.45, 7) is 4.43. The Hall–Kier alpha value is -1.76. The van der Waals surface area contributed by atoms with Crippen molar-refractivity contribution in [2.45, 2.75) is 32.2 Å². The third kappa shape index (κ3) is 1.90. The summed E-state index contributed by atoms with van der Waals surface area (Å²) >= 11 is 0. The topological polar surface area (TPSA) is 12.0 Å². The SMILES string of the molecule is Cc1ccc(C2(C)CCc3ccccc3N2)cc1. The first-order valence-corrected chi connectivity index (χ1v) is 6.61. The molecule has 0 aromatic heterocycles. The lowest BCUT2D eigenvalue weighted by atomic mass is 9.82. The van der Waals surface area contributed by atoms with Crippen LogP contribution in [0.4, 0.5) is 5.69 Å². The molecule has 1 nitrogen and oxygen atoms in total. The Morgan fingerprint density at radius 3 is 2.50 bits per heavy atom. The van der Waals surface area contributed by atoms with Crippen LogP contribution in [-0.4, -0.2) is 0 Å². The molecule has 1 unspecified atom stereocenters. The quantitative estimate of drug-likeness (QED) is 0.781. The lowest BCUT2D eigenvalue weighted by Gasteiger charge is -2.37. The maximum absolute atomic E-state index is 3.71. The third-order valence-corrected chi connectivity index (χ3v) is 4.01. The van der Waals surface area contributed by atoms with Gasteiger partial charge < -0.3 is 5.32 Å². The zero-order valence-corrected chi connectivity index (χ0v) is 11.0. The first kappa shape index (κ1) is 11.3. The second-order valence-corrected chi connectivity index (χ2v) is 5.48. The Balaban J connectivity index is 1.96. The number of para-hydroxylation sites is 1.